The Morgan fingerprint density at radius 1 is 1.00 bits per heavy atom. The van der Waals surface area contributed by atoms with Crippen LogP contribution in [0, 0.1) is 23.2 Å². The van der Waals surface area contributed by atoms with Gasteiger partial charge in [-0.15, -0.1) is 0 Å². The van der Waals surface area contributed by atoms with Gasteiger partial charge in [0.25, 0.3) is 0 Å². The van der Waals surface area contributed by atoms with Crippen LogP contribution in [0.25, 0.3) is 0 Å². The van der Waals surface area contributed by atoms with E-state index in [1.807, 2.05) is 13.8 Å². The Bertz CT molecular complexity index is 246. The second-order valence-corrected chi connectivity index (χ2v) is 10.7. The fourth-order valence-electron chi connectivity index (χ4n) is 3.69. The van der Waals surface area contributed by atoms with Crippen molar-refractivity contribution in [2.24, 2.45) is 23.2 Å². The molecule has 0 amide bonds. The molecule has 1 fully saturated rings. The SMILES string of the molecule is CC.CC(C)CCCC(C)(C)S.CC1CCC(C)CC(C)(C)C1. The summed E-state index contributed by atoms with van der Waals surface area (Å²) in [5, 5.41) is 0. The largest absolute Gasteiger partial charge is 0.173 e. The molecule has 0 bridgehead atoms. The average molecular weight is 345 g/mol. The molecule has 0 N–H and O–H groups in total. The normalized spacial score (nSPS) is 24.0. The minimum Gasteiger partial charge on any atom is -0.173 e. The van der Waals surface area contributed by atoms with Crippen molar-refractivity contribution in [3.05, 3.63) is 0 Å². The van der Waals surface area contributed by atoms with E-state index in [1.165, 1.54) is 44.9 Å². The lowest BCUT2D eigenvalue weighted by Gasteiger charge is -2.26. The predicted octanol–water partition coefficient (Wildman–Crippen LogP) is 8.41. The molecular formula is C22H48S. The van der Waals surface area contributed by atoms with Gasteiger partial charge in [0, 0.05) is 4.75 Å². The topological polar surface area (TPSA) is 0 Å². The molecule has 0 nitrogen and oxygen atoms in total. The van der Waals surface area contributed by atoms with Gasteiger partial charge < -0.3 is 0 Å². The van der Waals surface area contributed by atoms with Gasteiger partial charge in [0.05, 0.1) is 0 Å². The molecule has 0 spiro atoms. The van der Waals surface area contributed by atoms with Crippen LogP contribution in [0.5, 0.6) is 0 Å². The smallest absolute Gasteiger partial charge is 0.00731 e. The molecule has 1 rings (SSSR count). The summed E-state index contributed by atoms with van der Waals surface area (Å²) in [6.45, 7) is 22.5. The Balaban J connectivity index is 0. The van der Waals surface area contributed by atoms with E-state index in [2.05, 4.69) is 68.0 Å². The van der Waals surface area contributed by atoms with E-state index in [9.17, 15) is 0 Å². The summed E-state index contributed by atoms with van der Waals surface area (Å²) >= 11 is 4.46. The van der Waals surface area contributed by atoms with Gasteiger partial charge in [-0.3, -0.25) is 0 Å². The first-order valence-electron chi connectivity index (χ1n) is 10.1. The molecular weight excluding hydrogens is 296 g/mol. The molecule has 0 heterocycles. The van der Waals surface area contributed by atoms with Crippen LogP contribution in [0.4, 0.5) is 0 Å². The molecule has 1 aliphatic carbocycles. The molecule has 0 aliphatic heterocycles. The second kappa shape index (κ2) is 12.7. The molecule has 1 saturated carbocycles. The van der Waals surface area contributed by atoms with Crippen LogP contribution in [-0.4, -0.2) is 4.75 Å². The summed E-state index contributed by atoms with van der Waals surface area (Å²) in [4.78, 5) is 0. The van der Waals surface area contributed by atoms with Crippen molar-refractivity contribution in [3.63, 3.8) is 0 Å². The Hall–Kier alpha value is 0.350. The molecule has 0 radical (unpaired) electrons. The number of hydrogen-bond donors (Lipinski definition) is 1. The third-order valence-electron chi connectivity index (χ3n) is 4.52. The van der Waals surface area contributed by atoms with Gasteiger partial charge in [0.1, 0.15) is 0 Å². The summed E-state index contributed by atoms with van der Waals surface area (Å²) < 4.78 is 0.231. The molecule has 2 unspecified atom stereocenters. The van der Waals surface area contributed by atoms with Crippen molar-refractivity contribution < 1.29 is 0 Å². The maximum atomic E-state index is 4.46. The maximum absolute atomic E-state index is 4.46. The molecule has 1 heteroatoms. The maximum Gasteiger partial charge on any atom is 0.00731 e. The van der Waals surface area contributed by atoms with E-state index < -0.39 is 0 Å². The van der Waals surface area contributed by atoms with Gasteiger partial charge in [0.2, 0.25) is 0 Å². The zero-order valence-electron chi connectivity index (χ0n) is 18.1. The summed E-state index contributed by atoms with van der Waals surface area (Å²) in [5.74, 6) is 2.75. The Morgan fingerprint density at radius 2 is 1.39 bits per heavy atom. The first-order chi connectivity index (χ1) is 10.4. The number of hydrogen-bond acceptors (Lipinski definition) is 1. The standard InChI is InChI=1S/C11H22.C9H20S.C2H6/c1-9-5-6-10(2)8-11(3,4)7-9;1-8(2)6-5-7-9(3,4)10;1-2/h9-10H,5-8H2,1-4H3;8,10H,5-7H2,1-4H3;1-2H3. The van der Waals surface area contributed by atoms with Crippen LogP contribution in [0.1, 0.15) is 114 Å². The molecule has 23 heavy (non-hydrogen) atoms. The minimum atomic E-state index is 0.231. The van der Waals surface area contributed by atoms with Gasteiger partial charge in [-0.1, -0.05) is 94.9 Å². The lowest BCUT2D eigenvalue weighted by molar-refractivity contribution is 0.255. The van der Waals surface area contributed by atoms with Crippen molar-refractivity contribution in [3.8, 4) is 0 Å². The van der Waals surface area contributed by atoms with Crippen molar-refractivity contribution in [1.82, 2.24) is 0 Å². The van der Waals surface area contributed by atoms with Crippen LogP contribution in [0.3, 0.4) is 0 Å². The minimum absolute atomic E-state index is 0.231. The molecule has 0 aromatic rings. The molecule has 142 valence electrons. The third kappa shape index (κ3) is 18.5. The number of thiol groups is 1. The van der Waals surface area contributed by atoms with Gasteiger partial charge in [0.15, 0.2) is 0 Å². The predicted molar refractivity (Wildman–Crippen MR) is 114 cm³/mol. The lowest BCUT2D eigenvalue weighted by Crippen LogP contribution is -2.14. The highest BCUT2D eigenvalue weighted by Gasteiger charge is 2.26. The van der Waals surface area contributed by atoms with Crippen molar-refractivity contribution in [2.45, 2.75) is 119 Å². The monoisotopic (exact) mass is 344 g/mol. The zero-order valence-corrected chi connectivity index (χ0v) is 19.0. The highest BCUT2D eigenvalue weighted by molar-refractivity contribution is 7.81. The Morgan fingerprint density at radius 3 is 1.70 bits per heavy atom. The fraction of sp³-hybridized carbons (Fsp3) is 1.00. The van der Waals surface area contributed by atoms with Crippen LogP contribution in [0.2, 0.25) is 0 Å². The Labute approximate surface area is 155 Å². The summed E-state index contributed by atoms with van der Waals surface area (Å²) in [7, 11) is 0. The van der Waals surface area contributed by atoms with Gasteiger partial charge in [-0.05, 0) is 42.4 Å². The highest BCUT2D eigenvalue weighted by atomic mass is 32.1. The van der Waals surface area contributed by atoms with Gasteiger partial charge >= 0.3 is 0 Å². The molecule has 2 atom stereocenters. The quantitative estimate of drug-likeness (QED) is 0.384. The highest BCUT2D eigenvalue weighted by Crippen LogP contribution is 2.39. The second-order valence-electron chi connectivity index (χ2n) is 9.46. The number of rotatable bonds is 4. The van der Waals surface area contributed by atoms with Crippen LogP contribution in [0.15, 0.2) is 0 Å². The van der Waals surface area contributed by atoms with E-state index in [0.717, 1.165) is 17.8 Å². The van der Waals surface area contributed by atoms with Crippen LogP contribution < -0.4 is 0 Å². The van der Waals surface area contributed by atoms with Crippen molar-refractivity contribution in [1.29, 1.82) is 0 Å². The molecule has 0 aromatic carbocycles. The van der Waals surface area contributed by atoms with Crippen molar-refractivity contribution in [2.75, 3.05) is 0 Å². The van der Waals surface area contributed by atoms with Crippen LogP contribution >= 0.6 is 12.6 Å². The fourth-order valence-corrected chi connectivity index (χ4v) is 3.84. The van der Waals surface area contributed by atoms with E-state index in [-0.39, 0.29) is 4.75 Å². The van der Waals surface area contributed by atoms with E-state index in [4.69, 9.17) is 0 Å². The first-order valence-corrected chi connectivity index (χ1v) is 10.6. The summed E-state index contributed by atoms with van der Waals surface area (Å²) in [6, 6.07) is 0. The average Bonchev–Trinajstić information content (AvgIpc) is 2.47. The summed E-state index contributed by atoms with van der Waals surface area (Å²) in [5.41, 5.74) is 0.606. The van der Waals surface area contributed by atoms with Crippen molar-refractivity contribution >= 4 is 12.6 Å². The zero-order chi connectivity index (χ0) is 18.7. The molecule has 0 aromatic heterocycles. The third-order valence-corrected chi connectivity index (χ3v) is 4.75. The van der Waals surface area contributed by atoms with Gasteiger partial charge in [-0.25, -0.2) is 0 Å². The molecule has 1 aliphatic rings. The summed E-state index contributed by atoms with van der Waals surface area (Å²) in [6.07, 6.45) is 9.64. The lowest BCUT2D eigenvalue weighted by atomic mass is 9.80. The Kier molecular flexibility index (Phi) is 14.1. The molecule has 0 saturated heterocycles. The van der Waals surface area contributed by atoms with E-state index in [1.54, 1.807) is 0 Å². The van der Waals surface area contributed by atoms with E-state index in [0.29, 0.717) is 5.41 Å². The first kappa shape index (κ1) is 25.6. The van der Waals surface area contributed by atoms with E-state index >= 15 is 0 Å². The van der Waals surface area contributed by atoms with Gasteiger partial charge in [-0.2, -0.15) is 12.6 Å². The van der Waals surface area contributed by atoms with Crippen LogP contribution in [-0.2, 0) is 0 Å².